The summed E-state index contributed by atoms with van der Waals surface area (Å²) >= 11 is -0.451. The Morgan fingerprint density at radius 3 is 2.43 bits per heavy atom. The van der Waals surface area contributed by atoms with Crippen molar-refractivity contribution in [3.8, 4) is 0 Å². The Morgan fingerprint density at radius 2 is 2.29 bits per heavy atom. The van der Waals surface area contributed by atoms with Crippen LogP contribution in [0.2, 0.25) is 0 Å². The van der Waals surface area contributed by atoms with Gasteiger partial charge in [-0.3, -0.25) is 0 Å². The summed E-state index contributed by atoms with van der Waals surface area (Å²) < 4.78 is 4.36. The predicted octanol–water partition coefficient (Wildman–Crippen LogP) is -3.09. The third-order valence-corrected chi connectivity index (χ3v) is 0.990. The van der Waals surface area contributed by atoms with Crippen LogP contribution in [0.5, 0.6) is 0 Å². The molecule has 7 heavy (non-hydrogen) atoms. The summed E-state index contributed by atoms with van der Waals surface area (Å²) in [5.74, 6) is 0. The van der Waals surface area contributed by atoms with Crippen molar-refractivity contribution < 1.29 is 29.6 Å². The summed E-state index contributed by atoms with van der Waals surface area (Å²) in [6, 6.07) is 0. The third kappa shape index (κ3) is 4.42. The van der Waals surface area contributed by atoms with Crippen molar-refractivity contribution in [1.82, 2.24) is 5.39 Å². The molecule has 0 amide bonds. The van der Waals surface area contributed by atoms with Gasteiger partial charge in [0.25, 0.3) is 0 Å². The number of nitrogens with zero attached hydrogens (tertiary/aromatic N) is 1. The summed E-state index contributed by atoms with van der Waals surface area (Å²) in [4.78, 5) is 5.88. The summed E-state index contributed by atoms with van der Waals surface area (Å²) in [6.07, 6.45) is 0. The molecule has 0 fully saturated rings. The molecule has 0 aliphatic heterocycles. The molecule has 0 unspecified atom stereocenters. The van der Waals surface area contributed by atoms with Crippen molar-refractivity contribution in [2.45, 2.75) is 0 Å². The van der Waals surface area contributed by atoms with Crippen molar-refractivity contribution in [3.63, 3.8) is 0 Å². The molecule has 0 saturated heterocycles. The Bertz CT molecular complexity index is 43.9. The van der Waals surface area contributed by atoms with Gasteiger partial charge in [0.05, 0.1) is 0 Å². The van der Waals surface area contributed by atoms with Gasteiger partial charge in [-0.1, -0.05) is 0 Å². The Balaban J connectivity index is 2.83. The van der Waals surface area contributed by atoms with Crippen molar-refractivity contribution >= 4 is 0 Å². The van der Waals surface area contributed by atoms with E-state index in [1.807, 2.05) is 4.93 Å². The van der Waals surface area contributed by atoms with Crippen LogP contribution in [0.25, 0.3) is 0 Å². The van der Waals surface area contributed by atoms with Crippen LogP contribution < -0.4 is 21.6 Å². The first-order valence-corrected chi connectivity index (χ1v) is 4.53. The van der Waals surface area contributed by atoms with E-state index in [0.29, 0.717) is 0 Å². The number of alkyl halides is 1. The Kier molecular flexibility index (Phi) is 5.11. The van der Waals surface area contributed by atoms with Crippen molar-refractivity contribution in [2.24, 2.45) is 0 Å². The van der Waals surface area contributed by atoms with Crippen LogP contribution in [0.1, 0.15) is 0 Å². The van der Waals surface area contributed by atoms with Crippen LogP contribution in [0, 0.1) is 5.21 Å². The molecule has 0 radical (unpaired) electrons. The number of halogens is 1. The summed E-state index contributed by atoms with van der Waals surface area (Å²) in [5, 5.41) is 10.0. The van der Waals surface area contributed by atoms with Gasteiger partial charge in [0, 0.05) is 0 Å². The van der Waals surface area contributed by atoms with E-state index in [0.717, 1.165) is 0 Å². The molecule has 0 aromatic rings. The van der Waals surface area contributed by atoms with Gasteiger partial charge in [0.1, 0.15) is 0 Å². The van der Waals surface area contributed by atoms with Crippen molar-refractivity contribution in [2.75, 3.05) is 12.0 Å². The molecule has 0 atom stereocenters. The molecule has 0 aliphatic rings. The first-order valence-electron chi connectivity index (χ1n) is 1.49. The maximum absolute atomic E-state index is 9.91. The van der Waals surface area contributed by atoms with E-state index in [2.05, 4.69) is 8.00 Å². The fraction of sp³-hybridized carbons (Fsp3) is 1.00. The zero-order valence-corrected chi connectivity index (χ0v) is 6.21. The van der Waals surface area contributed by atoms with Crippen molar-refractivity contribution in [1.29, 1.82) is 0 Å². The molecular formula is C2H6INO3-2. The first-order chi connectivity index (χ1) is 3.31. The van der Waals surface area contributed by atoms with Crippen LogP contribution in [0.4, 0.5) is 0 Å². The maximum atomic E-state index is 9.91. The second kappa shape index (κ2) is 4.72. The van der Waals surface area contributed by atoms with E-state index in [1.54, 1.807) is 0 Å². The molecule has 4 nitrogen and oxygen atoms in total. The zero-order valence-electron chi connectivity index (χ0n) is 4.05. The molecule has 5 heteroatoms. The van der Waals surface area contributed by atoms with Gasteiger partial charge in [-0.15, -0.1) is 0 Å². The van der Waals surface area contributed by atoms with E-state index in [1.165, 1.54) is 7.11 Å². The normalized spacial score (nSPS) is 10.9. The minimum atomic E-state index is -0.451. The fourth-order valence-corrected chi connectivity index (χ4v) is 0.567. The molecule has 0 aromatic carbocycles. The molecule has 0 bridgehead atoms. The molecule has 0 heterocycles. The van der Waals surface area contributed by atoms with Gasteiger partial charge in [-0.05, 0) is 0 Å². The van der Waals surface area contributed by atoms with E-state index >= 15 is 0 Å². The quantitative estimate of drug-likeness (QED) is 0.287. The number of hydrogen-bond acceptors (Lipinski definition) is 4. The number of rotatable bonds is 3. The van der Waals surface area contributed by atoms with Gasteiger partial charge in [0.15, 0.2) is 0 Å². The minimum absolute atomic E-state index is 0.104. The van der Waals surface area contributed by atoms with Crippen LogP contribution in [0.15, 0.2) is 0 Å². The second-order valence-corrected chi connectivity index (χ2v) is 1.90. The van der Waals surface area contributed by atoms with Gasteiger partial charge >= 0.3 is 52.3 Å². The van der Waals surface area contributed by atoms with E-state index in [-0.39, 0.29) is 5.39 Å². The molecule has 0 aromatic heterocycles. The van der Waals surface area contributed by atoms with Gasteiger partial charge in [-0.2, -0.15) is 0 Å². The van der Waals surface area contributed by atoms with Gasteiger partial charge in [-0.25, -0.2) is 0 Å². The van der Waals surface area contributed by atoms with E-state index < -0.39 is 21.6 Å². The van der Waals surface area contributed by atoms with Gasteiger partial charge in [0.2, 0.25) is 0 Å². The van der Waals surface area contributed by atoms with Crippen LogP contribution >= 0.6 is 0 Å². The molecule has 46 valence electrons. The van der Waals surface area contributed by atoms with Crippen LogP contribution in [-0.4, -0.2) is 17.4 Å². The van der Waals surface area contributed by atoms with Gasteiger partial charge < -0.3 is 0 Å². The SMILES string of the molecule is CON([O-])O[I-]C. The summed E-state index contributed by atoms with van der Waals surface area (Å²) in [6.45, 7) is 0. The van der Waals surface area contributed by atoms with Crippen molar-refractivity contribution in [3.05, 3.63) is 5.21 Å². The third-order valence-electron chi connectivity index (χ3n) is 0.274. The standard InChI is InChI=1S/C2H6INO3/c1-3-7-4(5)6-2/h1-2H3/q-2. The van der Waals surface area contributed by atoms with Crippen LogP contribution in [-0.2, 0) is 8.00 Å². The monoisotopic (exact) mass is 219 g/mol. The summed E-state index contributed by atoms with van der Waals surface area (Å²) in [7, 11) is 1.26. The molecule has 0 aliphatic carbocycles. The molecule has 0 spiro atoms. The molecular weight excluding hydrogens is 213 g/mol. The zero-order chi connectivity index (χ0) is 5.70. The average Bonchev–Trinajstić information content (AvgIpc) is 1.68. The summed E-state index contributed by atoms with van der Waals surface area (Å²) in [5.41, 5.74) is 0. The Morgan fingerprint density at radius 1 is 1.71 bits per heavy atom. The molecule has 0 N–H and O–H groups in total. The Labute approximate surface area is 52.7 Å². The Hall–Kier alpha value is 0.570. The second-order valence-electron chi connectivity index (χ2n) is 0.629. The number of hydrogen-bond donors (Lipinski definition) is 0. The topological polar surface area (TPSA) is 44.8 Å². The predicted molar refractivity (Wildman–Crippen MR) is 19.2 cm³/mol. The fourth-order valence-electron chi connectivity index (χ4n) is 0.0845. The van der Waals surface area contributed by atoms with E-state index in [9.17, 15) is 5.21 Å². The average molecular weight is 219 g/mol. The van der Waals surface area contributed by atoms with E-state index in [4.69, 9.17) is 0 Å². The molecule has 0 saturated carbocycles. The molecule has 0 rings (SSSR count). The van der Waals surface area contributed by atoms with Crippen LogP contribution in [0.3, 0.4) is 0 Å². The first kappa shape index (κ1) is 7.57.